The fourth-order valence-corrected chi connectivity index (χ4v) is 1.44. The van der Waals surface area contributed by atoms with E-state index in [1.165, 1.54) is 12.1 Å². The number of hydrogen-bond acceptors (Lipinski definition) is 3. The number of carbonyl (C=O) groups is 2. The molecular formula is C12H12Cl2N2O3. The smallest absolute Gasteiger partial charge is 0.321 e. The van der Waals surface area contributed by atoms with Gasteiger partial charge in [0.25, 0.3) is 5.91 Å². The van der Waals surface area contributed by atoms with Crippen molar-refractivity contribution >= 4 is 35.1 Å². The molecule has 0 aliphatic carbocycles. The van der Waals surface area contributed by atoms with Gasteiger partial charge in [-0.25, -0.2) is 4.79 Å². The SMILES string of the molecule is C=CCNC(=O)NC(=O)COc1cc(Cl)ccc1Cl. The maximum atomic E-state index is 11.4. The fourth-order valence-electron chi connectivity index (χ4n) is 1.10. The molecule has 5 nitrogen and oxygen atoms in total. The summed E-state index contributed by atoms with van der Waals surface area (Å²) in [5.74, 6) is -0.326. The molecule has 19 heavy (non-hydrogen) atoms. The first-order valence-corrected chi connectivity index (χ1v) is 6.05. The molecule has 1 aromatic rings. The third-order valence-corrected chi connectivity index (χ3v) is 2.46. The summed E-state index contributed by atoms with van der Waals surface area (Å²) >= 11 is 11.6. The second kappa shape index (κ2) is 7.66. The van der Waals surface area contributed by atoms with Gasteiger partial charge in [0, 0.05) is 17.6 Å². The number of rotatable bonds is 5. The second-order valence-corrected chi connectivity index (χ2v) is 4.25. The van der Waals surface area contributed by atoms with Gasteiger partial charge in [-0.1, -0.05) is 29.3 Å². The van der Waals surface area contributed by atoms with Crippen LogP contribution in [0.1, 0.15) is 0 Å². The zero-order chi connectivity index (χ0) is 14.3. The predicted molar refractivity (Wildman–Crippen MR) is 73.7 cm³/mol. The molecule has 0 heterocycles. The monoisotopic (exact) mass is 302 g/mol. The van der Waals surface area contributed by atoms with E-state index in [0.717, 1.165) is 0 Å². The molecule has 0 aliphatic heterocycles. The Morgan fingerprint density at radius 2 is 2.11 bits per heavy atom. The third-order valence-electron chi connectivity index (χ3n) is 1.91. The zero-order valence-electron chi connectivity index (χ0n) is 9.91. The fraction of sp³-hybridized carbons (Fsp3) is 0.167. The molecule has 0 unspecified atom stereocenters. The summed E-state index contributed by atoms with van der Waals surface area (Å²) in [7, 11) is 0. The van der Waals surface area contributed by atoms with Crippen LogP contribution in [0.3, 0.4) is 0 Å². The highest BCUT2D eigenvalue weighted by Gasteiger charge is 2.09. The van der Waals surface area contributed by atoms with Gasteiger partial charge in [0.05, 0.1) is 5.02 Å². The summed E-state index contributed by atoms with van der Waals surface area (Å²) in [6.45, 7) is 3.34. The van der Waals surface area contributed by atoms with E-state index in [1.807, 2.05) is 0 Å². The first kappa shape index (κ1) is 15.3. The van der Waals surface area contributed by atoms with E-state index in [2.05, 4.69) is 17.2 Å². The van der Waals surface area contributed by atoms with Crippen LogP contribution >= 0.6 is 23.2 Å². The first-order chi connectivity index (χ1) is 9.02. The maximum Gasteiger partial charge on any atom is 0.321 e. The van der Waals surface area contributed by atoms with Crippen LogP contribution in [0.15, 0.2) is 30.9 Å². The third kappa shape index (κ3) is 5.63. The summed E-state index contributed by atoms with van der Waals surface area (Å²) in [6, 6.07) is 4.01. The number of nitrogens with one attached hydrogen (secondary N) is 2. The van der Waals surface area contributed by atoms with Crippen LogP contribution in [-0.2, 0) is 4.79 Å². The largest absolute Gasteiger partial charge is 0.482 e. The number of ether oxygens (including phenoxy) is 1. The standard InChI is InChI=1S/C12H12Cl2N2O3/c1-2-5-15-12(18)16-11(17)7-19-10-6-8(13)3-4-9(10)14/h2-4,6H,1,5,7H2,(H2,15,16,17,18). The van der Waals surface area contributed by atoms with Crippen LogP contribution in [-0.4, -0.2) is 25.1 Å². The van der Waals surface area contributed by atoms with E-state index in [1.54, 1.807) is 12.1 Å². The van der Waals surface area contributed by atoms with Gasteiger partial charge in [-0.2, -0.15) is 0 Å². The van der Waals surface area contributed by atoms with Gasteiger partial charge in [-0.05, 0) is 12.1 Å². The van der Waals surface area contributed by atoms with E-state index in [4.69, 9.17) is 27.9 Å². The lowest BCUT2D eigenvalue weighted by atomic mass is 10.3. The van der Waals surface area contributed by atoms with Gasteiger partial charge in [0.2, 0.25) is 0 Å². The lowest BCUT2D eigenvalue weighted by molar-refractivity contribution is -0.122. The number of amides is 3. The van der Waals surface area contributed by atoms with Crippen LogP contribution in [0, 0.1) is 0 Å². The molecule has 0 radical (unpaired) electrons. The van der Waals surface area contributed by atoms with E-state index in [0.29, 0.717) is 10.0 Å². The molecule has 102 valence electrons. The second-order valence-electron chi connectivity index (χ2n) is 3.41. The molecule has 3 amide bonds. The van der Waals surface area contributed by atoms with E-state index in [9.17, 15) is 9.59 Å². The van der Waals surface area contributed by atoms with Gasteiger partial charge >= 0.3 is 6.03 Å². The Bertz CT molecular complexity index is 492. The average Bonchev–Trinajstić information content (AvgIpc) is 2.37. The van der Waals surface area contributed by atoms with Crippen molar-refractivity contribution in [1.29, 1.82) is 0 Å². The molecule has 0 spiro atoms. The number of urea groups is 1. The first-order valence-electron chi connectivity index (χ1n) is 5.29. The Morgan fingerprint density at radius 3 is 2.79 bits per heavy atom. The minimum Gasteiger partial charge on any atom is -0.482 e. The van der Waals surface area contributed by atoms with Gasteiger partial charge in [0.1, 0.15) is 5.75 Å². The van der Waals surface area contributed by atoms with Crippen molar-refractivity contribution in [2.75, 3.05) is 13.2 Å². The molecule has 1 rings (SSSR count). The number of carbonyl (C=O) groups excluding carboxylic acids is 2. The number of benzene rings is 1. The topological polar surface area (TPSA) is 67.4 Å². The number of imide groups is 1. The van der Waals surface area contributed by atoms with Gasteiger partial charge < -0.3 is 10.1 Å². The molecule has 0 atom stereocenters. The molecular weight excluding hydrogens is 291 g/mol. The molecule has 0 saturated carbocycles. The van der Waals surface area contributed by atoms with E-state index >= 15 is 0 Å². The summed E-state index contributed by atoms with van der Waals surface area (Å²) < 4.78 is 5.16. The Hall–Kier alpha value is -1.72. The normalized spacial score (nSPS) is 9.58. The minimum absolute atomic E-state index is 0.264. The predicted octanol–water partition coefficient (Wildman–Crippen LogP) is 2.38. The van der Waals surface area contributed by atoms with Crippen molar-refractivity contribution in [1.82, 2.24) is 10.6 Å². The molecule has 2 N–H and O–H groups in total. The van der Waals surface area contributed by atoms with Crippen LogP contribution in [0.5, 0.6) is 5.75 Å². The van der Waals surface area contributed by atoms with E-state index < -0.39 is 11.9 Å². The molecule has 0 aliphatic rings. The average molecular weight is 303 g/mol. The Labute approximate surface area is 120 Å². The van der Waals surface area contributed by atoms with Gasteiger partial charge in [-0.15, -0.1) is 6.58 Å². The van der Waals surface area contributed by atoms with Crippen LogP contribution < -0.4 is 15.4 Å². The zero-order valence-corrected chi connectivity index (χ0v) is 11.4. The molecule has 7 heteroatoms. The van der Waals surface area contributed by atoms with E-state index in [-0.39, 0.29) is 18.9 Å². The van der Waals surface area contributed by atoms with Crippen molar-refractivity contribution in [3.8, 4) is 5.75 Å². The maximum absolute atomic E-state index is 11.4. The molecule has 0 saturated heterocycles. The van der Waals surface area contributed by atoms with Crippen LogP contribution in [0.2, 0.25) is 10.0 Å². The quantitative estimate of drug-likeness (QED) is 0.821. The summed E-state index contributed by atoms with van der Waals surface area (Å²) in [5, 5.41) is 5.23. The molecule has 0 fully saturated rings. The molecule has 1 aromatic carbocycles. The lowest BCUT2D eigenvalue weighted by Crippen LogP contribution is -2.41. The van der Waals surface area contributed by atoms with Crippen molar-refractivity contribution in [3.63, 3.8) is 0 Å². The number of hydrogen-bond donors (Lipinski definition) is 2. The summed E-state index contributed by atoms with van der Waals surface area (Å²) in [4.78, 5) is 22.5. The van der Waals surface area contributed by atoms with Crippen molar-refractivity contribution in [3.05, 3.63) is 40.9 Å². The van der Waals surface area contributed by atoms with Crippen LogP contribution in [0.25, 0.3) is 0 Å². The Morgan fingerprint density at radius 1 is 1.37 bits per heavy atom. The minimum atomic E-state index is -0.620. The van der Waals surface area contributed by atoms with Crippen molar-refractivity contribution in [2.45, 2.75) is 0 Å². The molecule has 0 bridgehead atoms. The van der Waals surface area contributed by atoms with Crippen molar-refractivity contribution < 1.29 is 14.3 Å². The highest BCUT2D eigenvalue weighted by molar-refractivity contribution is 6.34. The van der Waals surface area contributed by atoms with Gasteiger partial charge in [0.15, 0.2) is 6.61 Å². The summed E-state index contributed by atoms with van der Waals surface area (Å²) in [5.41, 5.74) is 0. The summed E-state index contributed by atoms with van der Waals surface area (Å²) in [6.07, 6.45) is 1.49. The van der Waals surface area contributed by atoms with Crippen LogP contribution in [0.4, 0.5) is 4.79 Å². The number of halogens is 2. The Balaban J connectivity index is 2.43. The van der Waals surface area contributed by atoms with Crippen molar-refractivity contribution in [2.24, 2.45) is 0 Å². The lowest BCUT2D eigenvalue weighted by Gasteiger charge is -2.08. The Kier molecular flexibility index (Phi) is 6.18. The highest BCUT2D eigenvalue weighted by atomic mass is 35.5. The highest BCUT2D eigenvalue weighted by Crippen LogP contribution is 2.27. The van der Waals surface area contributed by atoms with Gasteiger partial charge in [-0.3, -0.25) is 10.1 Å². The molecule has 0 aromatic heterocycles.